The lowest BCUT2D eigenvalue weighted by Gasteiger charge is -2.18. The van der Waals surface area contributed by atoms with Crippen LogP contribution in [0.15, 0.2) is 18.2 Å². The maximum atomic E-state index is 12.3. The van der Waals surface area contributed by atoms with Crippen LogP contribution in [0.1, 0.15) is 16.6 Å². The van der Waals surface area contributed by atoms with E-state index in [2.05, 4.69) is 0 Å². The summed E-state index contributed by atoms with van der Waals surface area (Å²) in [4.78, 5) is 14.3. The monoisotopic (exact) mass is 294 g/mol. The number of hydrogen-bond donors (Lipinski definition) is 2. The molecule has 2 rings (SSSR count). The van der Waals surface area contributed by atoms with E-state index in [9.17, 15) is 9.90 Å². The first-order chi connectivity index (χ1) is 9.43. The van der Waals surface area contributed by atoms with E-state index in [0.29, 0.717) is 10.6 Å². The molecule has 20 heavy (non-hydrogen) atoms. The molecule has 0 fully saturated rings. The molecule has 2 aromatic rings. The van der Waals surface area contributed by atoms with Crippen molar-refractivity contribution in [2.75, 3.05) is 26.4 Å². The molecule has 1 unspecified atom stereocenters. The number of anilines is 1. The minimum atomic E-state index is -0.570. The van der Waals surface area contributed by atoms with Crippen LogP contribution in [0.3, 0.4) is 0 Å². The van der Waals surface area contributed by atoms with E-state index in [1.807, 2.05) is 18.2 Å². The standard InChI is InChI=1S/C14H18N2O3S/c1-8(17)7-16(2)14(18)13-12(15)10-5-4-9(19-3)6-11(10)20-13/h4-6,8,17H,7,15H2,1-3H3. The molecule has 0 aliphatic carbocycles. The number of nitrogens with zero attached hydrogens (tertiary/aromatic N) is 1. The summed E-state index contributed by atoms with van der Waals surface area (Å²) in [6.07, 6.45) is -0.570. The topological polar surface area (TPSA) is 75.8 Å². The van der Waals surface area contributed by atoms with Gasteiger partial charge in [-0.3, -0.25) is 4.79 Å². The highest BCUT2D eigenvalue weighted by Crippen LogP contribution is 2.36. The number of carbonyl (C=O) groups is 1. The van der Waals surface area contributed by atoms with E-state index in [1.165, 1.54) is 16.2 Å². The second-order valence-electron chi connectivity index (χ2n) is 4.74. The molecule has 1 aromatic heterocycles. The van der Waals surface area contributed by atoms with Gasteiger partial charge in [0.2, 0.25) is 0 Å². The summed E-state index contributed by atoms with van der Waals surface area (Å²) < 4.78 is 6.08. The number of fused-ring (bicyclic) bond motifs is 1. The van der Waals surface area contributed by atoms with Crippen molar-refractivity contribution < 1.29 is 14.6 Å². The molecule has 0 spiro atoms. The van der Waals surface area contributed by atoms with Gasteiger partial charge < -0.3 is 20.5 Å². The Labute approximate surface area is 121 Å². The van der Waals surface area contributed by atoms with Crippen molar-refractivity contribution in [2.24, 2.45) is 0 Å². The molecule has 0 aliphatic rings. The van der Waals surface area contributed by atoms with Crippen LogP contribution in [0.4, 0.5) is 5.69 Å². The predicted octanol–water partition coefficient (Wildman–Crippen LogP) is 1.94. The predicted molar refractivity (Wildman–Crippen MR) is 81.4 cm³/mol. The van der Waals surface area contributed by atoms with Crippen LogP contribution in [0.2, 0.25) is 0 Å². The smallest absolute Gasteiger partial charge is 0.265 e. The van der Waals surface area contributed by atoms with Gasteiger partial charge in [-0.2, -0.15) is 0 Å². The number of thiophene rings is 1. The SMILES string of the molecule is COc1ccc2c(N)c(C(=O)N(C)CC(C)O)sc2c1. The minimum Gasteiger partial charge on any atom is -0.497 e. The third kappa shape index (κ3) is 2.71. The quantitative estimate of drug-likeness (QED) is 0.903. The van der Waals surface area contributed by atoms with Gasteiger partial charge in [-0.25, -0.2) is 0 Å². The molecule has 0 aliphatic heterocycles. The summed E-state index contributed by atoms with van der Waals surface area (Å²) in [6.45, 7) is 1.92. The van der Waals surface area contributed by atoms with Gasteiger partial charge in [0.15, 0.2) is 0 Å². The van der Waals surface area contributed by atoms with Crippen molar-refractivity contribution in [3.05, 3.63) is 23.1 Å². The molecule has 0 radical (unpaired) electrons. The normalized spacial score (nSPS) is 12.4. The molecule has 5 nitrogen and oxygen atoms in total. The zero-order chi connectivity index (χ0) is 14.9. The zero-order valence-corrected chi connectivity index (χ0v) is 12.5. The number of rotatable bonds is 4. The number of methoxy groups -OCH3 is 1. The molecule has 108 valence electrons. The third-order valence-corrected chi connectivity index (χ3v) is 4.17. The summed E-state index contributed by atoms with van der Waals surface area (Å²) in [7, 11) is 3.25. The van der Waals surface area contributed by atoms with E-state index in [1.54, 1.807) is 21.1 Å². The van der Waals surface area contributed by atoms with Crippen LogP contribution in [-0.2, 0) is 0 Å². The van der Waals surface area contributed by atoms with Gasteiger partial charge in [0.1, 0.15) is 10.6 Å². The van der Waals surface area contributed by atoms with Crippen LogP contribution in [0.5, 0.6) is 5.75 Å². The Morgan fingerprint density at radius 1 is 1.55 bits per heavy atom. The van der Waals surface area contributed by atoms with E-state index in [0.717, 1.165) is 15.8 Å². The Balaban J connectivity index is 2.39. The van der Waals surface area contributed by atoms with Gasteiger partial charge in [-0.15, -0.1) is 11.3 Å². The number of likely N-dealkylation sites (N-methyl/N-ethyl adjacent to an activating group) is 1. The lowest BCUT2D eigenvalue weighted by molar-refractivity contribution is 0.0709. The first kappa shape index (κ1) is 14.6. The van der Waals surface area contributed by atoms with Gasteiger partial charge in [0, 0.05) is 23.7 Å². The molecule has 0 saturated carbocycles. The van der Waals surface area contributed by atoms with E-state index >= 15 is 0 Å². The van der Waals surface area contributed by atoms with Crippen LogP contribution >= 0.6 is 11.3 Å². The van der Waals surface area contributed by atoms with Gasteiger partial charge in [-0.1, -0.05) is 0 Å². The van der Waals surface area contributed by atoms with Crippen LogP contribution in [-0.4, -0.2) is 42.7 Å². The fourth-order valence-corrected chi connectivity index (χ4v) is 3.18. The highest BCUT2D eigenvalue weighted by Gasteiger charge is 2.20. The maximum absolute atomic E-state index is 12.3. The van der Waals surface area contributed by atoms with Crippen LogP contribution in [0, 0.1) is 0 Å². The lowest BCUT2D eigenvalue weighted by Crippen LogP contribution is -2.32. The Morgan fingerprint density at radius 3 is 2.85 bits per heavy atom. The first-order valence-electron chi connectivity index (χ1n) is 6.23. The molecular weight excluding hydrogens is 276 g/mol. The molecule has 1 atom stereocenters. The third-order valence-electron chi connectivity index (χ3n) is 3.01. The second kappa shape index (κ2) is 5.68. The maximum Gasteiger partial charge on any atom is 0.265 e. The number of amides is 1. The molecule has 0 saturated heterocycles. The fourth-order valence-electron chi connectivity index (χ4n) is 2.04. The van der Waals surface area contributed by atoms with Crippen molar-refractivity contribution in [1.29, 1.82) is 0 Å². The fraction of sp³-hybridized carbons (Fsp3) is 0.357. The zero-order valence-electron chi connectivity index (χ0n) is 11.7. The van der Waals surface area contributed by atoms with Crippen molar-refractivity contribution >= 4 is 33.0 Å². The van der Waals surface area contributed by atoms with Gasteiger partial charge in [0.25, 0.3) is 5.91 Å². The number of benzene rings is 1. The minimum absolute atomic E-state index is 0.177. The lowest BCUT2D eigenvalue weighted by atomic mass is 10.2. The van der Waals surface area contributed by atoms with Crippen LogP contribution < -0.4 is 10.5 Å². The molecule has 3 N–H and O–H groups in total. The summed E-state index contributed by atoms with van der Waals surface area (Å²) in [6, 6.07) is 5.53. The van der Waals surface area contributed by atoms with Gasteiger partial charge in [-0.05, 0) is 25.1 Å². The first-order valence-corrected chi connectivity index (χ1v) is 7.05. The molecule has 1 amide bonds. The number of hydrogen-bond acceptors (Lipinski definition) is 5. The van der Waals surface area contributed by atoms with Crippen molar-refractivity contribution in [2.45, 2.75) is 13.0 Å². The molecule has 1 aromatic carbocycles. The number of aliphatic hydroxyl groups excluding tert-OH is 1. The highest BCUT2D eigenvalue weighted by atomic mass is 32.1. The summed E-state index contributed by atoms with van der Waals surface area (Å²) in [5.74, 6) is 0.554. The Morgan fingerprint density at radius 2 is 2.25 bits per heavy atom. The average Bonchev–Trinajstić information content (AvgIpc) is 2.73. The Hall–Kier alpha value is -1.79. The molecule has 6 heteroatoms. The van der Waals surface area contributed by atoms with E-state index < -0.39 is 6.10 Å². The Kier molecular flexibility index (Phi) is 4.15. The summed E-state index contributed by atoms with van der Waals surface area (Å²) in [5.41, 5.74) is 6.54. The average molecular weight is 294 g/mol. The van der Waals surface area contributed by atoms with Gasteiger partial charge in [0.05, 0.1) is 18.9 Å². The number of carbonyl (C=O) groups excluding carboxylic acids is 1. The largest absolute Gasteiger partial charge is 0.497 e. The van der Waals surface area contributed by atoms with Crippen molar-refractivity contribution in [3.8, 4) is 5.75 Å². The summed E-state index contributed by atoms with van der Waals surface area (Å²) >= 11 is 1.34. The highest BCUT2D eigenvalue weighted by molar-refractivity contribution is 7.21. The van der Waals surface area contributed by atoms with Gasteiger partial charge >= 0.3 is 0 Å². The number of nitrogens with two attached hydrogens (primary N) is 1. The number of ether oxygens (including phenoxy) is 1. The van der Waals surface area contributed by atoms with Crippen LogP contribution in [0.25, 0.3) is 10.1 Å². The van der Waals surface area contributed by atoms with Crippen molar-refractivity contribution in [1.82, 2.24) is 4.90 Å². The van der Waals surface area contributed by atoms with Crippen molar-refractivity contribution in [3.63, 3.8) is 0 Å². The second-order valence-corrected chi connectivity index (χ2v) is 5.79. The summed E-state index contributed by atoms with van der Waals surface area (Å²) in [5, 5.41) is 10.2. The van der Waals surface area contributed by atoms with E-state index in [4.69, 9.17) is 10.5 Å². The number of nitrogen functional groups attached to an aromatic ring is 1. The molecular formula is C14H18N2O3S. The molecule has 0 bridgehead atoms. The molecule has 1 heterocycles. The van der Waals surface area contributed by atoms with E-state index in [-0.39, 0.29) is 12.5 Å². The number of aliphatic hydroxyl groups is 1. The Bertz CT molecular complexity index is 637.